The van der Waals surface area contributed by atoms with Gasteiger partial charge in [-0.15, -0.1) is 0 Å². The van der Waals surface area contributed by atoms with E-state index in [1.54, 1.807) is 48.7 Å². The Morgan fingerprint density at radius 1 is 0.917 bits per heavy atom. The van der Waals surface area contributed by atoms with Gasteiger partial charge in [-0.2, -0.15) is 4.31 Å². The summed E-state index contributed by atoms with van der Waals surface area (Å²) in [6.45, 7) is 0.719. The predicted octanol–water partition coefficient (Wildman–Crippen LogP) is 4.35. The maximum atomic E-state index is 13.3. The van der Waals surface area contributed by atoms with Gasteiger partial charge in [-0.05, 0) is 48.4 Å². The number of anilines is 1. The van der Waals surface area contributed by atoms with Gasteiger partial charge < -0.3 is 10.6 Å². The van der Waals surface area contributed by atoms with Crippen molar-refractivity contribution >= 4 is 44.1 Å². The average Bonchev–Trinajstić information content (AvgIpc) is 2.90. The molecule has 9 heteroatoms. The number of benzene rings is 3. The molecule has 0 saturated carbocycles. The van der Waals surface area contributed by atoms with Crippen molar-refractivity contribution in [2.45, 2.75) is 11.3 Å². The number of amides is 1. The number of halogens is 1. The van der Waals surface area contributed by atoms with Crippen LogP contribution in [-0.2, 0) is 21.2 Å². The second-order valence-electron chi connectivity index (χ2n) is 8.18. The maximum absolute atomic E-state index is 13.3. The van der Waals surface area contributed by atoms with Crippen LogP contribution < -0.4 is 10.6 Å². The van der Waals surface area contributed by atoms with Gasteiger partial charge in [0.15, 0.2) is 0 Å². The highest BCUT2D eigenvalue weighted by Gasteiger charge is 2.26. The molecule has 0 aliphatic heterocycles. The van der Waals surface area contributed by atoms with Crippen molar-refractivity contribution in [1.82, 2.24) is 14.6 Å². The molecule has 186 valence electrons. The fourth-order valence-corrected chi connectivity index (χ4v) is 5.40. The van der Waals surface area contributed by atoms with E-state index in [2.05, 4.69) is 15.6 Å². The Bertz CT molecular complexity index is 1420. The molecule has 0 aliphatic rings. The molecule has 4 aromatic rings. The summed E-state index contributed by atoms with van der Waals surface area (Å²) in [6, 6.07) is 25.1. The van der Waals surface area contributed by atoms with Crippen molar-refractivity contribution in [3.8, 4) is 0 Å². The van der Waals surface area contributed by atoms with Gasteiger partial charge in [0.1, 0.15) is 0 Å². The largest absolute Gasteiger partial charge is 0.383 e. The van der Waals surface area contributed by atoms with Crippen molar-refractivity contribution < 1.29 is 13.2 Å². The normalized spacial score (nSPS) is 11.5. The zero-order valence-electron chi connectivity index (χ0n) is 19.6. The monoisotopic (exact) mass is 522 g/mol. The van der Waals surface area contributed by atoms with Gasteiger partial charge >= 0.3 is 0 Å². The second-order valence-corrected chi connectivity index (χ2v) is 10.6. The van der Waals surface area contributed by atoms with Crippen LogP contribution in [0.25, 0.3) is 10.9 Å². The molecule has 2 N–H and O–H groups in total. The van der Waals surface area contributed by atoms with E-state index >= 15 is 0 Å². The van der Waals surface area contributed by atoms with Crippen molar-refractivity contribution in [3.05, 3.63) is 102 Å². The lowest BCUT2D eigenvalue weighted by Gasteiger charge is -2.22. The molecule has 4 rings (SSSR count). The lowest BCUT2D eigenvalue weighted by atomic mass is 10.1. The van der Waals surface area contributed by atoms with Crippen molar-refractivity contribution in [2.24, 2.45) is 0 Å². The minimum absolute atomic E-state index is 0.164. The summed E-state index contributed by atoms with van der Waals surface area (Å²) in [7, 11) is -3.83. The fourth-order valence-electron chi connectivity index (χ4n) is 3.81. The van der Waals surface area contributed by atoms with Crippen molar-refractivity contribution in [2.75, 3.05) is 31.5 Å². The molecule has 3 aromatic carbocycles. The molecule has 0 saturated heterocycles. The number of nitrogens with one attached hydrogen (secondary N) is 2. The quantitative estimate of drug-likeness (QED) is 0.286. The first-order chi connectivity index (χ1) is 17.4. The summed E-state index contributed by atoms with van der Waals surface area (Å²) in [5.74, 6) is -0.365. The Balaban J connectivity index is 1.37. The van der Waals surface area contributed by atoms with E-state index in [-0.39, 0.29) is 23.9 Å². The number of pyridine rings is 1. The molecule has 1 aromatic heterocycles. The van der Waals surface area contributed by atoms with E-state index in [1.165, 1.54) is 4.31 Å². The lowest BCUT2D eigenvalue weighted by molar-refractivity contribution is -0.121. The van der Waals surface area contributed by atoms with Crippen LogP contribution in [0.3, 0.4) is 0 Å². The molecule has 7 nitrogen and oxygen atoms in total. The predicted molar refractivity (Wildman–Crippen MR) is 144 cm³/mol. The fraction of sp³-hybridized carbons (Fsp3) is 0.185. The highest BCUT2D eigenvalue weighted by molar-refractivity contribution is 7.89. The molecule has 1 amide bonds. The molecular formula is C27H27ClN4O3S. The van der Waals surface area contributed by atoms with Crippen molar-refractivity contribution in [3.63, 3.8) is 0 Å². The number of aromatic nitrogens is 1. The molecule has 0 radical (unpaired) electrons. The smallest absolute Gasteiger partial charge is 0.243 e. The zero-order chi connectivity index (χ0) is 25.4. The van der Waals surface area contributed by atoms with E-state index in [1.807, 2.05) is 42.5 Å². The van der Waals surface area contributed by atoms with E-state index in [4.69, 9.17) is 11.6 Å². The number of carbonyl (C=O) groups excluding carboxylic acids is 1. The Labute approximate surface area is 216 Å². The van der Waals surface area contributed by atoms with Crippen LogP contribution in [0.1, 0.15) is 5.56 Å². The molecule has 1 heterocycles. The topological polar surface area (TPSA) is 91.4 Å². The van der Waals surface area contributed by atoms with Gasteiger partial charge in [0.05, 0.1) is 17.0 Å². The van der Waals surface area contributed by atoms with Gasteiger partial charge in [0, 0.05) is 41.9 Å². The number of hydrogen-bond donors (Lipinski definition) is 2. The third kappa shape index (κ3) is 6.60. The number of fused-ring (bicyclic) bond motifs is 1. The Morgan fingerprint density at radius 2 is 1.64 bits per heavy atom. The highest BCUT2D eigenvalue weighted by Crippen LogP contribution is 2.24. The average molecular weight is 523 g/mol. The zero-order valence-corrected chi connectivity index (χ0v) is 21.2. The molecule has 0 atom stereocenters. The molecule has 0 unspecified atom stereocenters. The van der Waals surface area contributed by atoms with Crippen LogP contribution in [0.15, 0.2) is 96.0 Å². The SMILES string of the molecule is O=C(CN(CCc1ccccc1)S(=O)(=O)c1ccccc1)NCCNc1ccnc2cc(Cl)ccc12. The number of nitrogens with zero attached hydrogens (tertiary/aromatic N) is 2. The van der Waals surface area contributed by atoms with E-state index < -0.39 is 10.0 Å². The summed E-state index contributed by atoms with van der Waals surface area (Å²) >= 11 is 6.05. The van der Waals surface area contributed by atoms with Crippen LogP contribution >= 0.6 is 11.6 Å². The number of sulfonamides is 1. The van der Waals surface area contributed by atoms with Gasteiger partial charge in [-0.25, -0.2) is 8.42 Å². The van der Waals surface area contributed by atoms with Crippen LogP contribution in [0.4, 0.5) is 5.69 Å². The number of carbonyl (C=O) groups is 1. The van der Waals surface area contributed by atoms with E-state index in [0.29, 0.717) is 24.5 Å². The van der Waals surface area contributed by atoms with Crippen LogP contribution in [0.2, 0.25) is 5.02 Å². The summed E-state index contributed by atoms with van der Waals surface area (Å²) in [5.41, 5.74) is 2.65. The molecule has 0 aliphatic carbocycles. The summed E-state index contributed by atoms with van der Waals surface area (Å²) in [6.07, 6.45) is 2.19. The first-order valence-electron chi connectivity index (χ1n) is 11.6. The Morgan fingerprint density at radius 3 is 2.39 bits per heavy atom. The Kier molecular flexibility index (Phi) is 8.53. The summed E-state index contributed by atoms with van der Waals surface area (Å²) in [4.78, 5) is 17.2. The first-order valence-corrected chi connectivity index (χ1v) is 13.4. The van der Waals surface area contributed by atoms with Gasteiger partial charge in [-0.1, -0.05) is 60.1 Å². The van der Waals surface area contributed by atoms with E-state index in [9.17, 15) is 13.2 Å². The molecule has 36 heavy (non-hydrogen) atoms. The minimum atomic E-state index is -3.83. The lowest BCUT2D eigenvalue weighted by Crippen LogP contribution is -2.42. The van der Waals surface area contributed by atoms with Gasteiger partial charge in [-0.3, -0.25) is 9.78 Å². The van der Waals surface area contributed by atoms with Gasteiger partial charge in [0.25, 0.3) is 0 Å². The van der Waals surface area contributed by atoms with Crippen LogP contribution in [0, 0.1) is 0 Å². The molecule has 0 bridgehead atoms. The summed E-state index contributed by atoms with van der Waals surface area (Å²) < 4.78 is 27.8. The maximum Gasteiger partial charge on any atom is 0.243 e. The third-order valence-electron chi connectivity index (χ3n) is 5.66. The van der Waals surface area contributed by atoms with Gasteiger partial charge in [0.2, 0.25) is 15.9 Å². The second kappa shape index (κ2) is 12.0. The standard InChI is InChI=1S/C27H27ClN4O3S/c28-22-11-12-24-25(13-15-29-26(24)19-22)30-16-17-31-27(33)20-32(18-14-21-7-3-1-4-8-21)36(34,35)23-9-5-2-6-10-23/h1-13,15,19H,14,16-18,20H2,(H,29,30)(H,31,33). The number of hydrogen-bond acceptors (Lipinski definition) is 5. The van der Waals surface area contributed by atoms with Crippen molar-refractivity contribution in [1.29, 1.82) is 0 Å². The molecular weight excluding hydrogens is 496 g/mol. The molecule has 0 fully saturated rings. The third-order valence-corrected chi connectivity index (χ3v) is 7.76. The Hall–Kier alpha value is -3.46. The number of rotatable bonds is 11. The molecule has 0 spiro atoms. The minimum Gasteiger partial charge on any atom is -0.383 e. The van der Waals surface area contributed by atoms with Crippen LogP contribution in [-0.4, -0.2) is 49.8 Å². The highest BCUT2D eigenvalue weighted by atomic mass is 35.5. The first kappa shape index (κ1) is 25.6. The van der Waals surface area contributed by atoms with Crippen LogP contribution in [0.5, 0.6) is 0 Å². The van der Waals surface area contributed by atoms with E-state index in [0.717, 1.165) is 22.2 Å². The summed E-state index contributed by atoms with van der Waals surface area (Å²) in [5, 5.41) is 7.64.